The number of rotatable bonds is 3. The summed E-state index contributed by atoms with van der Waals surface area (Å²) in [6.45, 7) is 0. The smallest absolute Gasteiger partial charge is 0.0992 e. The van der Waals surface area contributed by atoms with Gasteiger partial charge in [-0.2, -0.15) is 5.26 Å². The molecule has 9 aromatic rings. The average Bonchev–Trinajstić information content (AvgIpc) is 3.40. The van der Waals surface area contributed by atoms with Gasteiger partial charge in [0.05, 0.1) is 22.7 Å². The maximum atomic E-state index is 9.67. The molecule has 43 heavy (non-hydrogen) atoms. The van der Waals surface area contributed by atoms with E-state index in [4.69, 9.17) is 0 Å². The van der Waals surface area contributed by atoms with E-state index in [0.29, 0.717) is 5.56 Å². The van der Waals surface area contributed by atoms with Crippen LogP contribution >= 0.6 is 0 Å². The molecule has 2 heteroatoms. The van der Waals surface area contributed by atoms with Crippen LogP contribution in [-0.2, 0) is 0 Å². The monoisotopic (exact) mass is 544 g/mol. The summed E-state index contributed by atoms with van der Waals surface area (Å²) >= 11 is 0. The molecule has 9 rings (SSSR count). The van der Waals surface area contributed by atoms with Gasteiger partial charge in [0, 0.05) is 16.5 Å². The van der Waals surface area contributed by atoms with Gasteiger partial charge >= 0.3 is 0 Å². The fraction of sp³-hybridized carbons (Fsp3) is 0. The van der Waals surface area contributed by atoms with E-state index in [0.717, 1.165) is 22.1 Å². The number of benzene rings is 8. The van der Waals surface area contributed by atoms with E-state index < -0.39 is 0 Å². The molecule has 0 unspecified atom stereocenters. The third-order valence-corrected chi connectivity index (χ3v) is 8.97. The molecule has 0 aliphatic heterocycles. The summed E-state index contributed by atoms with van der Waals surface area (Å²) in [5.41, 5.74) is 8.81. The molecule has 0 N–H and O–H groups in total. The summed E-state index contributed by atoms with van der Waals surface area (Å²) in [7, 11) is 0. The van der Waals surface area contributed by atoms with Crippen molar-refractivity contribution in [2.45, 2.75) is 0 Å². The second-order valence-electron chi connectivity index (χ2n) is 11.3. The van der Waals surface area contributed by atoms with Crippen molar-refractivity contribution in [3.63, 3.8) is 0 Å². The fourth-order valence-electron chi connectivity index (χ4n) is 7.03. The van der Waals surface area contributed by atoms with Crippen LogP contribution in [0.15, 0.2) is 146 Å². The van der Waals surface area contributed by atoms with Gasteiger partial charge in [0.2, 0.25) is 0 Å². The van der Waals surface area contributed by atoms with Crippen LogP contribution in [0.25, 0.3) is 82.1 Å². The minimum Gasteiger partial charge on any atom is -0.309 e. The zero-order valence-electron chi connectivity index (χ0n) is 23.3. The van der Waals surface area contributed by atoms with Gasteiger partial charge in [-0.15, -0.1) is 0 Å². The van der Waals surface area contributed by atoms with Crippen molar-refractivity contribution in [3.05, 3.63) is 151 Å². The average molecular weight is 545 g/mol. The third-order valence-electron chi connectivity index (χ3n) is 8.97. The maximum Gasteiger partial charge on any atom is 0.0992 e. The fourth-order valence-corrected chi connectivity index (χ4v) is 7.03. The molecule has 0 aliphatic carbocycles. The van der Waals surface area contributed by atoms with Crippen LogP contribution in [0.3, 0.4) is 0 Å². The summed E-state index contributed by atoms with van der Waals surface area (Å²) in [4.78, 5) is 0. The first-order valence-corrected chi connectivity index (χ1v) is 14.6. The lowest BCUT2D eigenvalue weighted by atomic mass is 9.87. The van der Waals surface area contributed by atoms with Crippen LogP contribution in [0.5, 0.6) is 0 Å². The van der Waals surface area contributed by atoms with Gasteiger partial charge in [-0.25, -0.2) is 0 Å². The zero-order chi connectivity index (χ0) is 28.5. The summed E-state index contributed by atoms with van der Waals surface area (Å²) < 4.78 is 2.29. The van der Waals surface area contributed by atoms with Gasteiger partial charge in [-0.05, 0) is 84.9 Å². The Balaban J connectivity index is 1.34. The molecule has 1 aromatic heterocycles. The molecule has 0 saturated carbocycles. The number of hydrogen-bond acceptors (Lipinski definition) is 1. The van der Waals surface area contributed by atoms with Crippen LogP contribution < -0.4 is 0 Å². The predicted molar refractivity (Wildman–Crippen MR) is 180 cm³/mol. The Kier molecular flexibility index (Phi) is 5.00. The first kappa shape index (κ1) is 23.8. The van der Waals surface area contributed by atoms with Crippen LogP contribution in [0, 0.1) is 11.3 Å². The lowest BCUT2D eigenvalue weighted by Crippen LogP contribution is -1.94. The Morgan fingerprint density at radius 3 is 1.63 bits per heavy atom. The first-order chi connectivity index (χ1) is 21.3. The van der Waals surface area contributed by atoms with Crippen molar-refractivity contribution in [3.8, 4) is 34.0 Å². The van der Waals surface area contributed by atoms with E-state index >= 15 is 0 Å². The second kappa shape index (κ2) is 9.05. The minimum atomic E-state index is 0.661. The quantitative estimate of drug-likeness (QED) is 0.203. The zero-order valence-corrected chi connectivity index (χ0v) is 23.3. The molecule has 0 saturated heterocycles. The third kappa shape index (κ3) is 3.46. The first-order valence-electron chi connectivity index (χ1n) is 14.6. The Bertz CT molecular complexity index is 2550. The van der Waals surface area contributed by atoms with Crippen molar-refractivity contribution in [2.24, 2.45) is 0 Å². The van der Waals surface area contributed by atoms with Gasteiger partial charge in [0.25, 0.3) is 0 Å². The molecule has 0 fully saturated rings. The van der Waals surface area contributed by atoms with E-state index in [1.165, 1.54) is 60.0 Å². The van der Waals surface area contributed by atoms with Gasteiger partial charge < -0.3 is 4.57 Å². The topological polar surface area (TPSA) is 28.7 Å². The van der Waals surface area contributed by atoms with E-state index in [9.17, 15) is 5.26 Å². The van der Waals surface area contributed by atoms with Gasteiger partial charge in [0.1, 0.15) is 0 Å². The van der Waals surface area contributed by atoms with Crippen molar-refractivity contribution < 1.29 is 0 Å². The maximum absolute atomic E-state index is 9.67. The molecule has 0 spiro atoms. The predicted octanol–water partition coefficient (Wildman–Crippen LogP) is 10.9. The van der Waals surface area contributed by atoms with Gasteiger partial charge in [-0.1, -0.05) is 115 Å². The van der Waals surface area contributed by atoms with Crippen LogP contribution in [-0.4, -0.2) is 4.57 Å². The van der Waals surface area contributed by atoms with E-state index in [1.807, 2.05) is 18.2 Å². The van der Waals surface area contributed by atoms with Crippen LogP contribution in [0.4, 0.5) is 0 Å². The van der Waals surface area contributed by atoms with E-state index in [1.54, 1.807) is 0 Å². The largest absolute Gasteiger partial charge is 0.309 e. The number of nitriles is 1. The van der Waals surface area contributed by atoms with Crippen molar-refractivity contribution in [1.82, 2.24) is 4.57 Å². The van der Waals surface area contributed by atoms with Gasteiger partial charge in [0.15, 0.2) is 0 Å². The number of fused-ring (bicyclic) bond motifs is 3. The molecule has 0 bridgehead atoms. The SMILES string of the molecule is N#Cc1ccc2c3ccc(-c4ccc5ccc6c(-c7ccccc7)ccc7ccc4c5c76)cc3n(-c3ccccc3)c2c1. The molecular weight excluding hydrogens is 520 g/mol. The lowest BCUT2D eigenvalue weighted by molar-refractivity contribution is 1.18. The van der Waals surface area contributed by atoms with E-state index in [-0.39, 0.29) is 0 Å². The summed E-state index contributed by atoms with van der Waals surface area (Å²) in [5.74, 6) is 0. The highest BCUT2D eigenvalue weighted by Gasteiger charge is 2.17. The molecule has 8 aromatic carbocycles. The highest BCUT2D eigenvalue weighted by atomic mass is 15.0. The van der Waals surface area contributed by atoms with Crippen LogP contribution in [0.2, 0.25) is 0 Å². The summed E-state index contributed by atoms with van der Waals surface area (Å²) in [6, 6.07) is 54.4. The minimum absolute atomic E-state index is 0.661. The molecule has 1 heterocycles. The molecule has 2 nitrogen and oxygen atoms in total. The van der Waals surface area contributed by atoms with Crippen molar-refractivity contribution in [1.29, 1.82) is 5.26 Å². The second-order valence-corrected chi connectivity index (χ2v) is 11.3. The molecule has 0 radical (unpaired) electrons. The van der Waals surface area contributed by atoms with Crippen molar-refractivity contribution in [2.75, 3.05) is 0 Å². The molecule has 198 valence electrons. The highest BCUT2D eigenvalue weighted by Crippen LogP contribution is 2.43. The lowest BCUT2D eigenvalue weighted by Gasteiger charge is -2.17. The molecule has 0 aliphatic rings. The standard InChI is InChI=1S/C41H24N2/c42-25-26-11-17-34-35-20-16-30(24-39(35)43(38(34)23-26)31-9-5-2-6-10-31)33-19-13-29-14-21-36-32(27-7-3-1-4-8-27)18-12-28-15-22-37(33)41(29)40(28)36/h1-24H. The van der Waals surface area contributed by atoms with Crippen LogP contribution in [0.1, 0.15) is 5.56 Å². The summed E-state index contributed by atoms with van der Waals surface area (Å²) in [6.07, 6.45) is 0. The van der Waals surface area contributed by atoms with Gasteiger partial charge in [-0.3, -0.25) is 0 Å². The Morgan fingerprint density at radius 1 is 0.442 bits per heavy atom. The normalized spacial score (nSPS) is 11.7. The Labute approximate surface area is 248 Å². The molecular formula is C41H24N2. The molecule has 0 atom stereocenters. The Morgan fingerprint density at radius 2 is 0.977 bits per heavy atom. The highest BCUT2D eigenvalue weighted by molar-refractivity contribution is 6.27. The number of nitrogens with zero attached hydrogens (tertiary/aromatic N) is 2. The number of hydrogen-bond donors (Lipinski definition) is 0. The Hall–Kier alpha value is -5.91. The number of aromatic nitrogens is 1. The van der Waals surface area contributed by atoms with Crippen molar-refractivity contribution >= 4 is 54.1 Å². The summed E-state index contributed by atoms with van der Waals surface area (Å²) in [5, 5.41) is 19.7. The molecule has 0 amide bonds. The number of para-hydroxylation sites is 1. The van der Waals surface area contributed by atoms with E-state index in [2.05, 4.69) is 138 Å².